The van der Waals surface area contributed by atoms with E-state index in [2.05, 4.69) is 0 Å². The molecule has 0 unspecified atom stereocenters. The van der Waals surface area contributed by atoms with E-state index >= 15 is 0 Å². The Kier molecular flexibility index (Phi) is 3.10. The number of phenolic OH excluding ortho intramolecular Hbond substituents is 1. The van der Waals surface area contributed by atoms with Gasteiger partial charge in [0.2, 0.25) is 0 Å². The average molecular weight is 228 g/mol. The Balaban J connectivity index is 2.50. The smallest absolute Gasteiger partial charge is 0.153 e. The number of hydrogen-bond donors (Lipinski definition) is 1. The maximum absolute atomic E-state index is 10.9. The van der Waals surface area contributed by atoms with E-state index in [1.54, 1.807) is 30.3 Å². The molecule has 0 spiro atoms. The summed E-state index contributed by atoms with van der Waals surface area (Å²) in [6.07, 6.45) is 0.755. The third-order valence-corrected chi connectivity index (χ3v) is 2.54. The van der Waals surface area contributed by atoms with Gasteiger partial charge in [-0.2, -0.15) is 0 Å². The molecule has 0 bridgehead atoms. The normalized spacial score (nSPS) is 9.94. The van der Waals surface area contributed by atoms with Crippen LogP contribution in [0.1, 0.15) is 10.4 Å². The first-order valence-corrected chi connectivity index (χ1v) is 5.17. The van der Waals surface area contributed by atoms with E-state index in [9.17, 15) is 9.90 Å². The maximum Gasteiger partial charge on any atom is 0.153 e. The molecule has 0 saturated heterocycles. The van der Waals surface area contributed by atoms with Crippen LogP contribution in [0.25, 0.3) is 11.1 Å². The Morgan fingerprint density at radius 2 is 1.88 bits per heavy atom. The van der Waals surface area contributed by atoms with Gasteiger partial charge in [-0.1, -0.05) is 18.2 Å². The first-order valence-electron chi connectivity index (χ1n) is 5.17. The summed E-state index contributed by atoms with van der Waals surface area (Å²) < 4.78 is 5.07. The molecule has 0 aromatic heterocycles. The number of carbonyl (C=O) groups is 1. The lowest BCUT2D eigenvalue weighted by Crippen LogP contribution is -1.91. The van der Waals surface area contributed by atoms with Crippen molar-refractivity contribution >= 4 is 6.29 Å². The summed E-state index contributed by atoms with van der Waals surface area (Å²) in [4.78, 5) is 10.9. The Hall–Kier alpha value is -2.29. The number of methoxy groups -OCH3 is 1. The van der Waals surface area contributed by atoms with Gasteiger partial charge in [-0.15, -0.1) is 0 Å². The van der Waals surface area contributed by atoms with Gasteiger partial charge >= 0.3 is 0 Å². The summed E-state index contributed by atoms with van der Waals surface area (Å²) in [7, 11) is 1.52. The number of benzene rings is 2. The molecule has 2 aromatic carbocycles. The first kappa shape index (κ1) is 11.2. The number of rotatable bonds is 3. The summed E-state index contributed by atoms with van der Waals surface area (Å²) in [5.41, 5.74) is 2.22. The summed E-state index contributed by atoms with van der Waals surface area (Å²) in [5.74, 6) is 0.745. The van der Waals surface area contributed by atoms with E-state index in [1.807, 2.05) is 12.1 Å². The van der Waals surface area contributed by atoms with Crippen molar-refractivity contribution in [2.45, 2.75) is 0 Å². The zero-order valence-corrected chi connectivity index (χ0v) is 9.38. The molecule has 0 atom stereocenters. The van der Waals surface area contributed by atoms with E-state index in [1.165, 1.54) is 7.11 Å². The Labute approximate surface area is 99.3 Å². The molecule has 2 aromatic rings. The van der Waals surface area contributed by atoms with E-state index in [0.29, 0.717) is 11.3 Å². The number of hydrogen-bond acceptors (Lipinski definition) is 3. The van der Waals surface area contributed by atoms with Gasteiger partial charge in [-0.3, -0.25) is 4.79 Å². The monoisotopic (exact) mass is 228 g/mol. The molecule has 0 aliphatic heterocycles. The van der Waals surface area contributed by atoms with Gasteiger partial charge in [0.25, 0.3) is 0 Å². The van der Waals surface area contributed by atoms with Crippen LogP contribution in [-0.2, 0) is 0 Å². The van der Waals surface area contributed by atoms with Crippen LogP contribution < -0.4 is 4.74 Å². The standard InChI is InChI=1S/C14H12O3/c1-17-14-6-5-11(7-12(14)9-15)10-3-2-4-13(16)8-10/h2-9,16H,1H3. The summed E-state index contributed by atoms with van der Waals surface area (Å²) in [6.45, 7) is 0. The zero-order valence-electron chi connectivity index (χ0n) is 9.38. The van der Waals surface area contributed by atoms with Gasteiger partial charge in [-0.05, 0) is 35.4 Å². The molecule has 3 nitrogen and oxygen atoms in total. The molecule has 2 rings (SSSR count). The second-order valence-corrected chi connectivity index (χ2v) is 3.62. The molecule has 0 radical (unpaired) electrons. The quantitative estimate of drug-likeness (QED) is 0.821. The van der Waals surface area contributed by atoms with E-state index in [4.69, 9.17) is 4.74 Å². The van der Waals surface area contributed by atoms with Crippen molar-refractivity contribution in [3.63, 3.8) is 0 Å². The summed E-state index contributed by atoms with van der Waals surface area (Å²) in [5, 5.41) is 9.41. The van der Waals surface area contributed by atoms with Gasteiger partial charge in [0, 0.05) is 0 Å². The molecule has 0 amide bonds. The second kappa shape index (κ2) is 4.70. The van der Waals surface area contributed by atoms with E-state index in [0.717, 1.165) is 17.4 Å². The van der Waals surface area contributed by atoms with Crippen LogP contribution in [0.4, 0.5) is 0 Å². The van der Waals surface area contributed by atoms with Gasteiger partial charge in [0.05, 0.1) is 12.7 Å². The minimum absolute atomic E-state index is 0.200. The van der Waals surface area contributed by atoms with Crippen LogP contribution >= 0.6 is 0 Å². The Bertz CT molecular complexity index is 547. The van der Waals surface area contributed by atoms with Crippen LogP contribution in [0.3, 0.4) is 0 Å². The third-order valence-electron chi connectivity index (χ3n) is 2.54. The van der Waals surface area contributed by atoms with E-state index < -0.39 is 0 Å². The predicted molar refractivity (Wildman–Crippen MR) is 65.5 cm³/mol. The summed E-state index contributed by atoms with van der Waals surface area (Å²) in [6, 6.07) is 12.2. The van der Waals surface area contributed by atoms with Crippen LogP contribution in [0.5, 0.6) is 11.5 Å². The van der Waals surface area contributed by atoms with Crippen LogP contribution in [0, 0.1) is 0 Å². The average Bonchev–Trinajstić information content (AvgIpc) is 2.38. The van der Waals surface area contributed by atoms with Crippen molar-refractivity contribution in [1.29, 1.82) is 0 Å². The van der Waals surface area contributed by atoms with Crippen LogP contribution in [0.15, 0.2) is 42.5 Å². The molecule has 1 N–H and O–H groups in total. The predicted octanol–water partition coefficient (Wildman–Crippen LogP) is 2.88. The molecule has 86 valence electrons. The van der Waals surface area contributed by atoms with Crippen molar-refractivity contribution in [2.24, 2.45) is 0 Å². The molecule has 0 fully saturated rings. The highest BCUT2D eigenvalue weighted by molar-refractivity contribution is 5.83. The Morgan fingerprint density at radius 3 is 2.53 bits per heavy atom. The number of carbonyl (C=O) groups excluding carboxylic acids is 1. The highest BCUT2D eigenvalue weighted by Crippen LogP contribution is 2.27. The van der Waals surface area contributed by atoms with Gasteiger partial charge < -0.3 is 9.84 Å². The summed E-state index contributed by atoms with van der Waals surface area (Å²) >= 11 is 0. The van der Waals surface area contributed by atoms with Crippen molar-refractivity contribution in [3.8, 4) is 22.6 Å². The molecular weight excluding hydrogens is 216 g/mol. The van der Waals surface area contributed by atoms with Gasteiger partial charge in [-0.25, -0.2) is 0 Å². The van der Waals surface area contributed by atoms with Crippen LogP contribution in [-0.4, -0.2) is 18.5 Å². The lowest BCUT2D eigenvalue weighted by molar-refractivity contribution is 0.112. The van der Waals surface area contributed by atoms with Crippen molar-refractivity contribution in [2.75, 3.05) is 7.11 Å². The number of phenols is 1. The fraction of sp³-hybridized carbons (Fsp3) is 0.0714. The number of ether oxygens (including phenoxy) is 1. The molecule has 0 aliphatic rings. The molecule has 0 heterocycles. The maximum atomic E-state index is 10.9. The molecule has 3 heteroatoms. The SMILES string of the molecule is COc1ccc(-c2cccc(O)c2)cc1C=O. The van der Waals surface area contributed by atoms with E-state index in [-0.39, 0.29) is 5.75 Å². The second-order valence-electron chi connectivity index (χ2n) is 3.62. The minimum Gasteiger partial charge on any atom is -0.508 e. The third kappa shape index (κ3) is 2.28. The highest BCUT2D eigenvalue weighted by Gasteiger charge is 2.05. The first-order chi connectivity index (χ1) is 8.24. The lowest BCUT2D eigenvalue weighted by Gasteiger charge is -2.07. The zero-order chi connectivity index (χ0) is 12.3. The highest BCUT2D eigenvalue weighted by atomic mass is 16.5. The van der Waals surface area contributed by atoms with Crippen LogP contribution in [0.2, 0.25) is 0 Å². The van der Waals surface area contributed by atoms with Crippen molar-refractivity contribution in [1.82, 2.24) is 0 Å². The lowest BCUT2D eigenvalue weighted by atomic mass is 10.0. The van der Waals surface area contributed by atoms with Gasteiger partial charge in [0.1, 0.15) is 11.5 Å². The fourth-order valence-electron chi connectivity index (χ4n) is 1.69. The van der Waals surface area contributed by atoms with Crippen molar-refractivity contribution in [3.05, 3.63) is 48.0 Å². The van der Waals surface area contributed by atoms with Gasteiger partial charge in [0.15, 0.2) is 6.29 Å². The van der Waals surface area contributed by atoms with Crippen molar-refractivity contribution < 1.29 is 14.6 Å². The number of aldehydes is 1. The topological polar surface area (TPSA) is 46.5 Å². The minimum atomic E-state index is 0.200. The molecule has 17 heavy (non-hydrogen) atoms. The molecule has 0 aliphatic carbocycles. The Morgan fingerprint density at radius 1 is 1.12 bits per heavy atom. The molecular formula is C14H12O3. The molecule has 0 saturated carbocycles. The largest absolute Gasteiger partial charge is 0.508 e. The number of aromatic hydroxyl groups is 1. The fourth-order valence-corrected chi connectivity index (χ4v) is 1.69.